The van der Waals surface area contributed by atoms with Crippen LogP contribution in [-0.4, -0.2) is 17.3 Å². The highest BCUT2D eigenvalue weighted by molar-refractivity contribution is 5.84. The van der Waals surface area contributed by atoms with Crippen molar-refractivity contribution >= 4 is 0 Å². The summed E-state index contributed by atoms with van der Waals surface area (Å²) in [5.41, 5.74) is 8.65. The summed E-state index contributed by atoms with van der Waals surface area (Å²) >= 11 is 0. The Bertz CT molecular complexity index is 1480. The molecule has 4 nitrogen and oxygen atoms in total. The van der Waals surface area contributed by atoms with E-state index < -0.39 is 0 Å². The molecule has 0 saturated heterocycles. The minimum Gasteiger partial charge on any atom is -0.495 e. The Labute approximate surface area is 212 Å². The molecule has 0 fully saturated rings. The van der Waals surface area contributed by atoms with Gasteiger partial charge in [-0.25, -0.2) is 0 Å². The van der Waals surface area contributed by atoms with Crippen molar-refractivity contribution in [1.82, 2.24) is 10.2 Å². The molecule has 0 saturated carbocycles. The average molecular weight is 475 g/mol. The normalized spacial score (nSPS) is 11.5. The topological polar surface area (TPSA) is 48.2 Å². The van der Waals surface area contributed by atoms with Crippen molar-refractivity contribution in [2.24, 2.45) is 0 Å². The molecule has 5 rings (SSSR count). The molecule has 0 amide bonds. The summed E-state index contributed by atoms with van der Waals surface area (Å²) < 4.78 is 11.9. The van der Waals surface area contributed by atoms with Gasteiger partial charge >= 0.3 is 0 Å². The fourth-order valence-electron chi connectivity index (χ4n) is 4.40. The van der Waals surface area contributed by atoms with Gasteiger partial charge in [0.1, 0.15) is 5.75 Å². The number of aromatic nitrogens is 2. The Balaban J connectivity index is 1.45. The van der Waals surface area contributed by atoms with Crippen molar-refractivity contribution in [1.29, 1.82) is 0 Å². The lowest BCUT2D eigenvalue weighted by atomic mass is 9.87. The third-order valence-corrected chi connectivity index (χ3v) is 6.39. The van der Waals surface area contributed by atoms with E-state index >= 15 is 0 Å². The van der Waals surface area contributed by atoms with E-state index in [0.717, 1.165) is 39.1 Å². The lowest BCUT2D eigenvalue weighted by Gasteiger charge is -2.18. The molecular weight excluding hydrogens is 444 g/mol. The second-order valence-corrected chi connectivity index (χ2v) is 10.1. The number of benzene rings is 4. The SMILES string of the molecule is COc1c(-c2ccccc2)cc(C)cc1-c1ccc(-c2nnc(-c3ccc(C(C)(C)C)cc3)o2)cc1. The maximum absolute atomic E-state index is 6.02. The molecule has 0 radical (unpaired) electrons. The Kier molecular flexibility index (Phi) is 6.19. The van der Waals surface area contributed by atoms with Crippen molar-refractivity contribution in [3.63, 3.8) is 0 Å². The molecule has 0 aliphatic rings. The van der Waals surface area contributed by atoms with Crippen LogP contribution in [0.3, 0.4) is 0 Å². The minimum absolute atomic E-state index is 0.0993. The zero-order chi connectivity index (χ0) is 25.3. The molecule has 1 aromatic heterocycles. The Hall–Kier alpha value is -4.18. The van der Waals surface area contributed by atoms with E-state index in [1.165, 1.54) is 11.1 Å². The highest BCUT2D eigenvalue weighted by Crippen LogP contribution is 2.40. The summed E-state index contributed by atoms with van der Waals surface area (Å²) in [5, 5.41) is 8.58. The third-order valence-electron chi connectivity index (χ3n) is 6.39. The maximum Gasteiger partial charge on any atom is 0.248 e. The minimum atomic E-state index is 0.0993. The van der Waals surface area contributed by atoms with E-state index in [1.807, 2.05) is 42.5 Å². The summed E-state index contributed by atoms with van der Waals surface area (Å²) in [5.74, 6) is 1.87. The molecule has 4 heteroatoms. The van der Waals surface area contributed by atoms with Crippen LogP contribution in [0.1, 0.15) is 31.9 Å². The van der Waals surface area contributed by atoms with Crippen LogP contribution in [0.15, 0.2) is 95.4 Å². The van der Waals surface area contributed by atoms with Gasteiger partial charge in [-0.3, -0.25) is 0 Å². The van der Waals surface area contributed by atoms with Crippen LogP contribution in [0, 0.1) is 6.92 Å². The molecule has 0 aliphatic carbocycles. The molecule has 1 heterocycles. The third kappa shape index (κ3) is 4.67. The molecular formula is C32H30N2O2. The van der Waals surface area contributed by atoms with Gasteiger partial charge in [0.2, 0.25) is 11.8 Å². The quantitative estimate of drug-likeness (QED) is 0.257. The van der Waals surface area contributed by atoms with Crippen LogP contribution >= 0.6 is 0 Å². The van der Waals surface area contributed by atoms with Crippen LogP contribution in [0.25, 0.3) is 45.2 Å². The van der Waals surface area contributed by atoms with Crippen LogP contribution in [0.2, 0.25) is 0 Å². The summed E-state index contributed by atoms with van der Waals surface area (Å²) in [6.07, 6.45) is 0. The van der Waals surface area contributed by atoms with Crippen molar-refractivity contribution < 1.29 is 9.15 Å². The number of aryl methyl sites for hydroxylation is 1. The van der Waals surface area contributed by atoms with Gasteiger partial charge in [0.25, 0.3) is 0 Å². The first-order valence-corrected chi connectivity index (χ1v) is 12.1. The molecule has 36 heavy (non-hydrogen) atoms. The van der Waals surface area contributed by atoms with Gasteiger partial charge in [-0.2, -0.15) is 0 Å². The fraction of sp³-hybridized carbons (Fsp3) is 0.188. The first-order valence-electron chi connectivity index (χ1n) is 12.1. The maximum atomic E-state index is 6.02. The second-order valence-electron chi connectivity index (χ2n) is 10.1. The van der Waals surface area contributed by atoms with E-state index in [1.54, 1.807) is 7.11 Å². The predicted octanol–water partition coefficient (Wildman–Crippen LogP) is 8.35. The highest BCUT2D eigenvalue weighted by atomic mass is 16.5. The molecule has 5 aromatic rings. The van der Waals surface area contributed by atoms with E-state index in [-0.39, 0.29) is 5.41 Å². The summed E-state index contributed by atoms with van der Waals surface area (Å²) in [4.78, 5) is 0. The van der Waals surface area contributed by atoms with Gasteiger partial charge in [0.05, 0.1) is 7.11 Å². The molecule has 0 N–H and O–H groups in total. The molecule has 0 bridgehead atoms. The summed E-state index contributed by atoms with van der Waals surface area (Å²) in [6.45, 7) is 8.71. The Morgan fingerprint density at radius 2 is 1.11 bits per heavy atom. The first kappa shape index (κ1) is 23.6. The van der Waals surface area contributed by atoms with E-state index in [0.29, 0.717) is 11.8 Å². The van der Waals surface area contributed by atoms with Gasteiger partial charge in [0, 0.05) is 22.3 Å². The smallest absolute Gasteiger partial charge is 0.248 e. The van der Waals surface area contributed by atoms with Crippen LogP contribution in [-0.2, 0) is 5.41 Å². The van der Waals surface area contributed by atoms with Crippen molar-refractivity contribution in [2.75, 3.05) is 7.11 Å². The van der Waals surface area contributed by atoms with E-state index in [9.17, 15) is 0 Å². The number of hydrogen-bond donors (Lipinski definition) is 0. The van der Waals surface area contributed by atoms with Gasteiger partial charge in [-0.15, -0.1) is 10.2 Å². The molecule has 0 spiro atoms. The number of ether oxygens (including phenoxy) is 1. The lowest BCUT2D eigenvalue weighted by molar-refractivity contribution is 0.418. The van der Waals surface area contributed by atoms with Gasteiger partial charge in [-0.05, 0) is 71.0 Å². The summed E-state index contributed by atoms with van der Waals surface area (Å²) in [6, 6.07) is 31.1. The zero-order valence-electron chi connectivity index (χ0n) is 21.4. The van der Waals surface area contributed by atoms with E-state index in [2.05, 4.69) is 86.4 Å². The van der Waals surface area contributed by atoms with Gasteiger partial charge in [0.15, 0.2) is 0 Å². The largest absolute Gasteiger partial charge is 0.495 e. The number of rotatable bonds is 5. The van der Waals surface area contributed by atoms with Crippen molar-refractivity contribution in [3.05, 3.63) is 102 Å². The number of methoxy groups -OCH3 is 1. The molecule has 180 valence electrons. The Morgan fingerprint density at radius 1 is 0.639 bits per heavy atom. The number of nitrogens with zero attached hydrogens (tertiary/aromatic N) is 2. The second kappa shape index (κ2) is 9.46. The van der Waals surface area contributed by atoms with Gasteiger partial charge in [-0.1, -0.05) is 75.4 Å². The highest BCUT2D eigenvalue weighted by Gasteiger charge is 2.17. The molecule has 0 unspecified atom stereocenters. The van der Waals surface area contributed by atoms with Crippen LogP contribution in [0.4, 0.5) is 0 Å². The molecule has 4 aromatic carbocycles. The Morgan fingerprint density at radius 3 is 1.61 bits per heavy atom. The molecule has 0 aliphatic heterocycles. The first-order chi connectivity index (χ1) is 17.3. The van der Waals surface area contributed by atoms with Crippen LogP contribution in [0.5, 0.6) is 5.75 Å². The van der Waals surface area contributed by atoms with E-state index in [4.69, 9.17) is 9.15 Å². The lowest BCUT2D eigenvalue weighted by Crippen LogP contribution is -2.10. The average Bonchev–Trinajstić information content (AvgIpc) is 3.39. The predicted molar refractivity (Wildman–Crippen MR) is 146 cm³/mol. The van der Waals surface area contributed by atoms with Gasteiger partial charge < -0.3 is 9.15 Å². The van der Waals surface area contributed by atoms with Crippen molar-refractivity contribution in [2.45, 2.75) is 33.1 Å². The standard InChI is InChI=1S/C32H30N2O2/c1-21-19-27(22-9-7-6-8-10-22)29(35-5)28(20-21)23-11-13-24(14-12-23)30-33-34-31(36-30)25-15-17-26(18-16-25)32(2,3)4/h6-20H,1-5H3. The monoisotopic (exact) mass is 474 g/mol. The van der Waals surface area contributed by atoms with Crippen molar-refractivity contribution in [3.8, 4) is 50.9 Å². The zero-order valence-corrected chi connectivity index (χ0v) is 21.4. The van der Waals surface area contributed by atoms with Crippen LogP contribution < -0.4 is 4.74 Å². The summed E-state index contributed by atoms with van der Waals surface area (Å²) in [7, 11) is 1.73. The molecule has 0 atom stereocenters. The number of hydrogen-bond acceptors (Lipinski definition) is 4. The fourth-order valence-corrected chi connectivity index (χ4v) is 4.40.